The molecular weight excluding hydrogens is 281 g/mol. The summed E-state index contributed by atoms with van der Waals surface area (Å²) in [4.78, 5) is 7.90. The molecule has 0 amide bonds. The van der Waals surface area contributed by atoms with Crippen molar-refractivity contribution in [2.45, 2.75) is 26.4 Å². The molecule has 2 aromatic heterocycles. The maximum absolute atomic E-state index is 13.3. The summed E-state index contributed by atoms with van der Waals surface area (Å²) in [5, 5.41) is 3.66. The van der Waals surface area contributed by atoms with Gasteiger partial charge in [0.05, 0.1) is 17.4 Å². The third kappa shape index (κ3) is 4.15. The highest BCUT2D eigenvalue weighted by atomic mass is 35.5. The molecule has 0 radical (unpaired) electrons. The lowest BCUT2D eigenvalue weighted by molar-refractivity contribution is 0.444. The normalized spacial score (nSPS) is 10.8. The van der Waals surface area contributed by atoms with Crippen molar-refractivity contribution in [1.29, 1.82) is 0 Å². The maximum atomic E-state index is 13.3. The van der Waals surface area contributed by atoms with E-state index in [0.717, 1.165) is 6.20 Å². The van der Waals surface area contributed by atoms with Gasteiger partial charge in [0, 0.05) is 30.4 Å². The minimum Gasteiger partial charge on any atom is -0.437 e. The molecule has 1 N–H and O–H groups in total. The summed E-state index contributed by atoms with van der Waals surface area (Å²) in [5.41, 5.74) is 0.638. The van der Waals surface area contributed by atoms with Crippen LogP contribution in [0.1, 0.15) is 19.4 Å². The highest BCUT2D eigenvalue weighted by Gasteiger charge is 2.09. The first-order chi connectivity index (χ1) is 9.54. The van der Waals surface area contributed by atoms with Crippen molar-refractivity contribution in [2.75, 3.05) is 0 Å². The minimum absolute atomic E-state index is 0.277. The van der Waals surface area contributed by atoms with Gasteiger partial charge in [-0.3, -0.25) is 4.98 Å². The van der Waals surface area contributed by atoms with Crippen molar-refractivity contribution in [3.63, 3.8) is 0 Å². The monoisotopic (exact) mass is 295 g/mol. The lowest BCUT2D eigenvalue weighted by Crippen LogP contribution is -2.22. The summed E-state index contributed by atoms with van der Waals surface area (Å²) >= 11 is 5.84. The summed E-state index contributed by atoms with van der Waals surface area (Å²) in [5.74, 6) is 0.396. The average Bonchev–Trinajstić information content (AvgIpc) is 2.39. The highest BCUT2D eigenvalue weighted by Crippen LogP contribution is 2.25. The van der Waals surface area contributed by atoms with Crippen LogP contribution in [0.15, 0.2) is 30.7 Å². The maximum Gasteiger partial charge on any atom is 0.223 e. The minimum atomic E-state index is -0.401. The second-order valence-corrected chi connectivity index (χ2v) is 5.03. The Balaban J connectivity index is 2.21. The van der Waals surface area contributed by atoms with Gasteiger partial charge < -0.3 is 10.1 Å². The Morgan fingerprint density at radius 1 is 1.30 bits per heavy atom. The predicted molar refractivity (Wildman–Crippen MR) is 75.5 cm³/mol. The zero-order chi connectivity index (χ0) is 14.5. The first-order valence-corrected chi connectivity index (χ1v) is 6.58. The topological polar surface area (TPSA) is 47.0 Å². The van der Waals surface area contributed by atoms with Crippen LogP contribution in [0.2, 0.25) is 5.02 Å². The first kappa shape index (κ1) is 14.7. The molecule has 0 aliphatic rings. The third-order valence-electron chi connectivity index (χ3n) is 2.49. The van der Waals surface area contributed by atoms with Crippen LogP contribution in [0.5, 0.6) is 11.6 Å². The summed E-state index contributed by atoms with van der Waals surface area (Å²) in [6.45, 7) is 4.48. The standard InChI is InChI=1S/C14H15ClFN3O/c1-9(2)18-5-10-3-12(16)7-19-14(10)20-13-4-11(15)6-17-8-13/h3-4,6-9,18H,5H2,1-2H3. The van der Waals surface area contributed by atoms with Crippen LogP contribution in [0.3, 0.4) is 0 Å². The first-order valence-electron chi connectivity index (χ1n) is 6.21. The van der Waals surface area contributed by atoms with Crippen LogP contribution >= 0.6 is 11.6 Å². The summed E-state index contributed by atoms with van der Waals surface area (Å²) in [6, 6.07) is 3.30. The van der Waals surface area contributed by atoms with Gasteiger partial charge in [-0.05, 0) is 6.07 Å². The summed E-state index contributed by atoms with van der Waals surface area (Å²) in [7, 11) is 0. The summed E-state index contributed by atoms with van der Waals surface area (Å²) in [6.07, 6.45) is 4.15. The number of nitrogens with zero attached hydrogens (tertiary/aromatic N) is 2. The Morgan fingerprint density at radius 2 is 2.10 bits per heavy atom. The second kappa shape index (κ2) is 6.63. The number of aromatic nitrogens is 2. The molecule has 4 nitrogen and oxygen atoms in total. The van der Waals surface area contributed by atoms with Crippen LogP contribution < -0.4 is 10.1 Å². The van der Waals surface area contributed by atoms with Crippen molar-refractivity contribution in [2.24, 2.45) is 0 Å². The van der Waals surface area contributed by atoms with E-state index in [1.807, 2.05) is 13.8 Å². The Morgan fingerprint density at radius 3 is 2.80 bits per heavy atom. The van der Waals surface area contributed by atoms with Crippen LogP contribution in [0.25, 0.3) is 0 Å². The number of nitrogens with one attached hydrogen (secondary N) is 1. The van der Waals surface area contributed by atoms with E-state index in [9.17, 15) is 4.39 Å². The molecule has 0 atom stereocenters. The fourth-order valence-corrected chi connectivity index (χ4v) is 1.72. The molecular formula is C14H15ClFN3O. The number of rotatable bonds is 5. The van der Waals surface area contributed by atoms with E-state index in [0.29, 0.717) is 28.8 Å². The van der Waals surface area contributed by atoms with Gasteiger partial charge in [0.15, 0.2) is 0 Å². The molecule has 0 saturated carbocycles. The van der Waals surface area contributed by atoms with Crippen LogP contribution in [-0.2, 0) is 6.54 Å². The van der Waals surface area contributed by atoms with Gasteiger partial charge in [-0.15, -0.1) is 0 Å². The highest BCUT2D eigenvalue weighted by molar-refractivity contribution is 6.30. The molecule has 6 heteroatoms. The molecule has 0 aliphatic heterocycles. The number of halogens is 2. The lowest BCUT2D eigenvalue weighted by atomic mass is 10.2. The van der Waals surface area contributed by atoms with E-state index >= 15 is 0 Å². The molecule has 0 unspecified atom stereocenters. The number of hydrogen-bond donors (Lipinski definition) is 1. The van der Waals surface area contributed by atoms with Crippen molar-refractivity contribution >= 4 is 11.6 Å². The molecule has 2 aromatic rings. The zero-order valence-corrected chi connectivity index (χ0v) is 12.0. The Bertz CT molecular complexity index is 592. The second-order valence-electron chi connectivity index (χ2n) is 4.59. The predicted octanol–water partition coefficient (Wildman–Crippen LogP) is 3.56. The van der Waals surface area contributed by atoms with Gasteiger partial charge in [-0.25, -0.2) is 9.37 Å². The molecule has 0 aliphatic carbocycles. The molecule has 0 aromatic carbocycles. The van der Waals surface area contributed by atoms with Crippen LogP contribution in [0, 0.1) is 5.82 Å². The average molecular weight is 296 g/mol. The van der Waals surface area contributed by atoms with Gasteiger partial charge in [0.1, 0.15) is 11.6 Å². The summed E-state index contributed by atoms with van der Waals surface area (Å²) < 4.78 is 18.9. The van der Waals surface area contributed by atoms with Gasteiger partial charge in [-0.2, -0.15) is 0 Å². The SMILES string of the molecule is CC(C)NCc1cc(F)cnc1Oc1cncc(Cl)c1. The Kier molecular flexibility index (Phi) is 4.87. The molecule has 0 saturated heterocycles. The van der Waals surface area contributed by atoms with E-state index in [-0.39, 0.29) is 6.04 Å². The fraction of sp³-hybridized carbons (Fsp3) is 0.286. The van der Waals surface area contributed by atoms with Gasteiger partial charge in [-0.1, -0.05) is 25.4 Å². The smallest absolute Gasteiger partial charge is 0.223 e. The van der Waals surface area contributed by atoms with Crippen molar-refractivity contribution < 1.29 is 9.13 Å². The van der Waals surface area contributed by atoms with Gasteiger partial charge in [0.2, 0.25) is 5.88 Å². The fourth-order valence-electron chi connectivity index (χ4n) is 1.56. The Labute approximate surface area is 122 Å². The van der Waals surface area contributed by atoms with Crippen LogP contribution in [0.4, 0.5) is 4.39 Å². The molecule has 2 heterocycles. The molecule has 106 valence electrons. The molecule has 20 heavy (non-hydrogen) atoms. The third-order valence-corrected chi connectivity index (χ3v) is 2.69. The number of hydrogen-bond acceptors (Lipinski definition) is 4. The van der Waals surface area contributed by atoms with Gasteiger partial charge >= 0.3 is 0 Å². The van der Waals surface area contributed by atoms with Gasteiger partial charge in [0.25, 0.3) is 0 Å². The largest absolute Gasteiger partial charge is 0.437 e. The Hall–Kier alpha value is -1.72. The quantitative estimate of drug-likeness (QED) is 0.916. The van der Waals surface area contributed by atoms with E-state index < -0.39 is 5.82 Å². The van der Waals surface area contributed by atoms with E-state index in [4.69, 9.17) is 16.3 Å². The van der Waals surface area contributed by atoms with Crippen molar-refractivity contribution in [1.82, 2.24) is 15.3 Å². The lowest BCUT2D eigenvalue weighted by Gasteiger charge is -2.12. The molecule has 0 fully saturated rings. The molecule has 0 spiro atoms. The number of pyridine rings is 2. The van der Waals surface area contributed by atoms with Crippen molar-refractivity contribution in [3.8, 4) is 11.6 Å². The van der Waals surface area contributed by atoms with E-state index in [1.54, 1.807) is 6.07 Å². The van der Waals surface area contributed by atoms with Crippen LogP contribution in [-0.4, -0.2) is 16.0 Å². The molecule has 0 bridgehead atoms. The molecule has 2 rings (SSSR count). The van der Waals surface area contributed by atoms with E-state index in [2.05, 4.69) is 15.3 Å². The zero-order valence-electron chi connectivity index (χ0n) is 11.2. The van der Waals surface area contributed by atoms with Crippen molar-refractivity contribution in [3.05, 3.63) is 47.1 Å². The number of ether oxygens (including phenoxy) is 1. The van der Waals surface area contributed by atoms with E-state index in [1.165, 1.54) is 18.5 Å².